The molecule has 0 heterocycles. The highest BCUT2D eigenvalue weighted by Gasteiger charge is 2.37. The fraction of sp³-hybridized carbons (Fsp3) is 0.246. The highest BCUT2D eigenvalue weighted by Crippen LogP contribution is 2.53. The molecule has 8 aromatic rings. The van der Waals surface area contributed by atoms with Crippen LogP contribution in [0.5, 0.6) is 0 Å². The summed E-state index contributed by atoms with van der Waals surface area (Å²) >= 11 is 0. The average molecular weight is 797 g/mol. The Bertz CT molecular complexity index is 2720. The fourth-order valence-corrected chi connectivity index (χ4v) is 9.60. The lowest BCUT2D eigenvalue weighted by molar-refractivity contribution is 0.611. The Morgan fingerprint density at radius 2 is 0.934 bits per heavy atom. The fourth-order valence-electron chi connectivity index (χ4n) is 9.60. The zero-order valence-electron chi connectivity index (χ0n) is 38.2. The van der Waals surface area contributed by atoms with E-state index in [1.807, 2.05) is 18.2 Å². The van der Waals surface area contributed by atoms with Crippen molar-refractivity contribution in [3.8, 4) is 33.4 Å². The molecule has 0 bridgehead atoms. The third-order valence-electron chi connectivity index (χ3n) is 13.3. The van der Waals surface area contributed by atoms with Gasteiger partial charge in [-0.2, -0.15) is 0 Å². The van der Waals surface area contributed by atoms with Crippen molar-refractivity contribution < 1.29 is 0 Å². The minimum atomic E-state index is -0.0173. The SMILES string of the molecule is CCCc1c(-c2ccccc2C)cccc1C(C)C(C)c1ccc2c(c1)C(C)(C)c1cc(C)c3ccccc3c1-2.Cc1ccccc1.Cc1ccccc1-c1ccccc1C. The number of benzene rings is 8. The molecule has 9 rings (SSSR count). The van der Waals surface area contributed by atoms with E-state index < -0.39 is 0 Å². The lowest BCUT2D eigenvalue weighted by Gasteiger charge is -2.27. The largest absolute Gasteiger partial charge is 0.0651 e. The zero-order valence-corrected chi connectivity index (χ0v) is 38.2. The van der Waals surface area contributed by atoms with Crippen LogP contribution < -0.4 is 0 Å². The van der Waals surface area contributed by atoms with Crippen LogP contribution in [0, 0.1) is 34.6 Å². The van der Waals surface area contributed by atoms with Crippen LogP contribution in [0.25, 0.3) is 44.2 Å². The van der Waals surface area contributed by atoms with Crippen molar-refractivity contribution >= 4 is 10.8 Å². The highest BCUT2D eigenvalue weighted by atomic mass is 14.4. The molecule has 0 radical (unpaired) electrons. The Balaban J connectivity index is 0.000000217. The summed E-state index contributed by atoms with van der Waals surface area (Å²) in [6, 6.07) is 61.8. The van der Waals surface area contributed by atoms with Crippen molar-refractivity contribution in [2.24, 2.45) is 0 Å². The van der Waals surface area contributed by atoms with Crippen LogP contribution in [0.15, 0.2) is 170 Å². The highest BCUT2D eigenvalue weighted by molar-refractivity contribution is 6.03. The smallest absolute Gasteiger partial charge is 0.0159 e. The van der Waals surface area contributed by atoms with Gasteiger partial charge in [0.1, 0.15) is 0 Å². The summed E-state index contributed by atoms with van der Waals surface area (Å²) in [6.07, 6.45) is 2.26. The second-order valence-corrected chi connectivity index (χ2v) is 17.9. The van der Waals surface area contributed by atoms with Gasteiger partial charge in [0, 0.05) is 5.41 Å². The van der Waals surface area contributed by atoms with E-state index in [1.165, 1.54) is 99.8 Å². The molecule has 8 aromatic carbocycles. The van der Waals surface area contributed by atoms with Gasteiger partial charge in [-0.1, -0.05) is 216 Å². The molecule has 2 unspecified atom stereocenters. The molecule has 61 heavy (non-hydrogen) atoms. The van der Waals surface area contributed by atoms with E-state index >= 15 is 0 Å². The van der Waals surface area contributed by atoms with Gasteiger partial charge in [0.2, 0.25) is 0 Å². The van der Waals surface area contributed by atoms with Gasteiger partial charge >= 0.3 is 0 Å². The van der Waals surface area contributed by atoms with E-state index in [9.17, 15) is 0 Å². The number of rotatable bonds is 7. The minimum absolute atomic E-state index is 0.0173. The first kappa shape index (κ1) is 43.1. The summed E-state index contributed by atoms with van der Waals surface area (Å²) in [7, 11) is 0. The van der Waals surface area contributed by atoms with Gasteiger partial charge in [-0.3, -0.25) is 0 Å². The monoisotopic (exact) mass is 797 g/mol. The normalized spacial score (nSPS) is 13.2. The second-order valence-electron chi connectivity index (χ2n) is 17.9. The quantitative estimate of drug-likeness (QED) is 0.151. The molecule has 0 aromatic heterocycles. The Labute approximate surface area is 367 Å². The Hall–Kier alpha value is -5.98. The van der Waals surface area contributed by atoms with Gasteiger partial charge in [0.05, 0.1) is 0 Å². The van der Waals surface area contributed by atoms with Gasteiger partial charge in [0.25, 0.3) is 0 Å². The molecule has 0 amide bonds. The molecule has 1 aliphatic carbocycles. The number of hydrogen-bond donors (Lipinski definition) is 0. The van der Waals surface area contributed by atoms with Gasteiger partial charge < -0.3 is 0 Å². The maximum absolute atomic E-state index is 2.53. The third kappa shape index (κ3) is 8.92. The average Bonchev–Trinajstić information content (AvgIpc) is 3.49. The summed E-state index contributed by atoms with van der Waals surface area (Å²) < 4.78 is 0. The minimum Gasteiger partial charge on any atom is -0.0651 e. The predicted molar refractivity (Wildman–Crippen MR) is 266 cm³/mol. The van der Waals surface area contributed by atoms with E-state index in [0.29, 0.717) is 11.8 Å². The van der Waals surface area contributed by atoms with Crippen LogP contribution in [0.4, 0.5) is 0 Å². The van der Waals surface area contributed by atoms with Gasteiger partial charge in [0.15, 0.2) is 0 Å². The van der Waals surface area contributed by atoms with E-state index in [-0.39, 0.29) is 5.41 Å². The van der Waals surface area contributed by atoms with E-state index in [4.69, 9.17) is 0 Å². The molecule has 0 aliphatic heterocycles. The summed E-state index contributed by atoms with van der Waals surface area (Å²) in [4.78, 5) is 0. The van der Waals surface area contributed by atoms with Crippen molar-refractivity contribution in [1.29, 1.82) is 0 Å². The Morgan fingerprint density at radius 1 is 0.426 bits per heavy atom. The molecule has 0 saturated heterocycles. The van der Waals surface area contributed by atoms with E-state index in [0.717, 1.165) is 12.8 Å². The van der Waals surface area contributed by atoms with Crippen molar-refractivity contribution in [3.05, 3.63) is 225 Å². The lowest BCUT2D eigenvalue weighted by atomic mass is 9.77. The molecule has 0 saturated carbocycles. The molecule has 0 nitrogen and oxygen atoms in total. The van der Waals surface area contributed by atoms with Gasteiger partial charge in [-0.05, 0) is 147 Å². The van der Waals surface area contributed by atoms with Crippen LogP contribution in [0.2, 0.25) is 0 Å². The zero-order chi connectivity index (χ0) is 43.3. The molecule has 308 valence electrons. The van der Waals surface area contributed by atoms with E-state index in [1.54, 1.807) is 0 Å². The van der Waals surface area contributed by atoms with Crippen molar-refractivity contribution in [1.82, 2.24) is 0 Å². The molecule has 0 N–H and O–H groups in total. The van der Waals surface area contributed by atoms with Crippen LogP contribution in [-0.2, 0) is 11.8 Å². The predicted octanol–water partition coefficient (Wildman–Crippen LogP) is 17.3. The summed E-state index contributed by atoms with van der Waals surface area (Å²) in [5.41, 5.74) is 22.4. The molecule has 0 spiro atoms. The number of fused-ring (bicyclic) bond motifs is 5. The molecular weight excluding hydrogens is 733 g/mol. The molecule has 1 aliphatic rings. The molecule has 2 atom stereocenters. The van der Waals surface area contributed by atoms with E-state index in [2.05, 4.69) is 221 Å². The third-order valence-corrected chi connectivity index (χ3v) is 13.3. The summed E-state index contributed by atoms with van der Waals surface area (Å²) in [5.74, 6) is 0.824. The number of aryl methyl sites for hydroxylation is 5. The van der Waals surface area contributed by atoms with Crippen molar-refractivity contribution in [3.63, 3.8) is 0 Å². The van der Waals surface area contributed by atoms with Crippen molar-refractivity contribution in [2.45, 2.75) is 99.3 Å². The second kappa shape index (κ2) is 18.7. The Morgan fingerprint density at radius 3 is 1.48 bits per heavy atom. The Kier molecular flexibility index (Phi) is 13.2. The topological polar surface area (TPSA) is 0 Å². The van der Waals surface area contributed by atoms with Crippen LogP contribution in [0.3, 0.4) is 0 Å². The van der Waals surface area contributed by atoms with Crippen LogP contribution >= 0.6 is 0 Å². The molecular formula is C61H64. The standard InChI is InChI=1S/C40H42.C14H14.C7H8/c1-8-14-33-32(19-13-20-34(33)30-16-10-9-15-25(30)2)28(5)27(4)29-21-22-36-37(24-29)40(6,7)38-23-26(3)31-17-11-12-18-35(31)39(36)38;1-11-7-3-5-9-13(11)14-10-6-4-8-12(14)2;1-7-5-3-2-4-6-7/h9-13,15-24,27-28H,8,14H2,1-7H3;3-10H,1-2H3;2-6H,1H3. The number of hydrogen-bond acceptors (Lipinski definition) is 0. The van der Waals surface area contributed by atoms with Crippen molar-refractivity contribution in [2.75, 3.05) is 0 Å². The lowest BCUT2D eigenvalue weighted by Crippen LogP contribution is -2.16. The maximum atomic E-state index is 2.53. The van der Waals surface area contributed by atoms with Gasteiger partial charge in [-0.25, -0.2) is 0 Å². The maximum Gasteiger partial charge on any atom is 0.0159 e. The first-order valence-corrected chi connectivity index (χ1v) is 22.4. The molecule has 0 fully saturated rings. The van der Waals surface area contributed by atoms with Crippen LogP contribution in [-0.4, -0.2) is 0 Å². The molecule has 0 heteroatoms. The first-order valence-electron chi connectivity index (χ1n) is 22.4. The van der Waals surface area contributed by atoms with Crippen LogP contribution in [0.1, 0.15) is 109 Å². The summed E-state index contributed by atoms with van der Waals surface area (Å²) in [5, 5.41) is 2.75. The van der Waals surface area contributed by atoms with Gasteiger partial charge in [-0.15, -0.1) is 0 Å². The first-order chi connectivity index (χ1) is 29.4. The summed E-state index contributed by atoms with van der Waals surface area (Å²) in [6.45, 7) is 22.9.